The lowest BCUT2D eigenvalue weighted by Crippen LogP contribution is -2.54. The Kier molecular flexibility index (Phi) is 3.77. The number of carbonyl (C=O) groups excluding carboxylic acids is 4. The lowest BCUT2D eigenvalue weighted by molar-refractivity contribution is -0.136. The van der Waals surface area contributed by atoms with Gasteiger partial charge in [0, 0.05) is 32.6 Å². The van der Waals surface area contributed by atoms with Gasteiger partial charge in [-0.1, -0.05) is 0 Å². The van der Waals surface area contributed by atoms with E-state index in [2.05, 4.69) is 10.6 Å². The van der Waals surface area contributed by atoms with Gasteiger partial charge in [-0.3, -0.25) is 29.4 Å². The van der Waals surface area contributed by atoms with Gasteiger partial charge in [0.2, 0.25) is 11.8 Å². The normalized spacial score (nSPS) is 29.4. The van der Waals surface area contributed by atoms with E-state index in [0.717, 1.165) is 24.1 Å². The first-order valence-corrected chi connectivity index (χ1v) is 9.45. The van der Waals surface area contributed by atoms with E-state index < -0.39 is 35.5 Å². The number of carbonyl (C=O) groups is 4. The smallest absolute Gasteiger partial charge is 0.262 e. The molecule has 0 aliphatic carbocycles. The number of piperidine rings is 1. The van der Waals surface area contributed by atoms with Crippen molar-refractivity contribution in [1.82, 2.24) is 15.5 Å². The Labute approximate surface area is 160 Å². The van der Waals surface area contributed by atoms with E-state index in [-0.39, 0.29) is 24.0 Å². The van der Waals surface area contributed by atoms with Crippen LogP contribution in [0, 0.1) is 17.7 Å². The molecule has 9 heteroatoms. The van der Waals surface area contributed by atoms with Crippen LogP contribution in [-0.4, -0.2) is 60.7 Å². The summed E-state index contributed by atoms with van der Waals surface area (Å²) in [6.45, 7) is 3.20. The maximum absolute atomic E-state index is 14.8. The highest BCUT2D eigenvalue weighted by Crippen LogP contribution is 2.36. The van der Waals surface area contributed by atoms with Gasteiger partial charge in [-0.05, 0) is 30.4 Å². The van der Waals surface area contributed by atoms with E-state index >= 15 is 0 Å². The van der Waals surface area contributed by atoms with Crippen LogP contribution in [0.15, 0.2) is 12.1 Å². The molecular weight excluding hydrogens is 367 g/mol. The fourth-order valence-corrected chi connectivity index (χ4v) is 4.77. The molecule has 0 spiro atoms. The standard InChI is InChI=1S/C19H19FN4O4/c20-13-3-11-12(4-15(13)23-7-9-5-21-6-10(9)8-23)19(28)24(18(11)27)14-1-2-16(25)22-17(14)26/h3-4,9-10,14,21H,1-2,5-8H2,(H,22,25,26)/t9-,10+,14?. The van der Waals surface area contributed by atoms with Crippen molar-refractivity contribution in [3.8, 4) is 0 Å². The van der Waals surface area contributed by atoms with E-state index in [9.17, 15) is 23.6 Å². The second-order valence-corrected chi connectivity index (χ2v) is 7.88. The minimum atomic E-state index is -1.05. The highest BCUT2D eigenvalue weighted by Gasteiger charge is 2.46. The molecule has 0 bridgehead atoms. The number of hydrogen-bond acceptors (Lipinski definition) is 6. The Hall–Kier alpha value is -2.81. The van der Waals surface area contributed by atoms with Gasteiger partial charge in [0.15, 0.2) is 0 Å². The minimum Gasteiger partial charge on any atom is -0.368 e. The van der Waals surface area contributed by atoms with E-state index in [0.29, 0.717) is 30.6 Å². The third kappa shape index (κ3) is 2.46. The van der Waals surface area contributed by atoms with Gasteiger partial charge in [-0.2, -0.15) is 0 Å². The van der Waals surface area contributed by atoms with E-state index in [1.165, 1.54) is 6.07 Å². The summed E-state index contributed by atoms with van der Waals surface area (Å²) in [5, 5.41) is 5.48. The first-order chi connectivity index (χ1) is 13.4. The molecule has 146 valence electrons. The number of halogens is 1. The molecule has 1 aromatic rings. The van der Waals surface area contributed by atoms with E-state index in [1.807, 2.05) is 4.90 Å². The zero-order valence-corrected chi connectivity index (χ0v) is 15.0. The lowest BCUT2D eigenvalue weighted by Gasteiger charge is -2.27. The minimum absolute atomic E-state index is 0.0305. The molecule has 2 N–H and O–H groups in total. The molecule has 0 aromatic heterocycles. The van der Waals surface area contributed by atoms with Crippen LogP contribution < -0.4 is 15.5 Å². The largest absolute Gasteiger partial charge is 0.368 e. The van der Waals surface area contributed by atoms with Crippen molar-refractivity contribution in [2.24, 2.45) is 11.8 Å². The average molecular weight is 386 g/mol. The number of amides is 4. The van der Waals surface area contributed by atoms with Gasteiger partial charge in [0.25, 0.3) is 11.8 Å². The number of imide groups is 2. The molecule has 4 aliphatic heterocycles. The molecule has 0 saturated carbocycles. The summed E-state index contributed by atoms with van der Waals surface area (Å²) < 4.78 is 14.8. The van der Waals surface area contributed by atoms with Gasteiger partial charge in [-0.25, -0.2) is 4.39 Å². The van der Waals surface area contributed by atoms with Crippen LogP contribution in [0.2, 0.25) is 0 Å². The van der Waals surface area contributed by atoms with E-state index in [1.54, 1.807) is 0 Å². The molecular formula is C19H19FN4O4. The zero-order valence-electron chi connectivity index (χ0n) is 15.0. The van der Waals surface area contributed by atoms with E-state index in [4.69, 9.17) is 0 Å². The summed E-state index contributed by atoms with van der Waals surface area (Å²) in [5.74, 6) is -2.06. The topological polar surface area (TPSA) is 98.8 Å². The summed E-state index contributed by atoms with van der Waals surface area (Å²) in [5.41, 5.74) is 0.401. The molecule has 3 saturated heterocycles. The number of anilines is 1. The zero-order chi connectivity index (χ0) is 19.6. The second kappa shape index (κ2) is 6.10. The van der Waals surface area contributed by atoms with Gasteiger partial charge >= 0.3 is 0 Å². The number of benzene rings is 1. The van der Waals surface area contributed by atoms with Crippen LogP contribution in [0.25, 0.3) is 0 Å². The van der Waals surface area contributed by atoms with Gasteiger partial charge in [0.1, 0.15) is 11.9 Å². The average Bonchev–Trinajstić information content (AvgIpc) is 3.30. The van der Waals surface area contributed by atoms with Crippen LogP contribution in [0.1, 0.15) is 33.6 Å². The summed E-state index contributed by atoms with van der Waals surface area (Å²) in [6, 6.07) is 1.49. The molecule has 4 amide bonds. The summed E-state index contributed by atoms with van der Waals surface area (Å²) in [4.78, 5) is 51.9. The van der Waals surface area contributed by atoms with Crippen LogP contribution in [0.3, 0.4) is 0 Å². The SMILES string of the molecule is O=C1CCC(N2C(=O)c3cc(F)c(N4C[C@H]5CNC[C@H]5C4)cc3C2=O)C(=O)N1. The molecule has 8 nitrogen and oxygen atoms in total. The first-order valence-electron chi connectivity index (χ1n) is 9.45. The van der Waals surface area contributed by atoms with Crippen LogP contribution in [0.4, 0.5) is 10.1 Å². The first kappa shape index (κ1) is 17.3. The van der Waals surface area contributed by atoms with Gasteiger partial charge < -0.3 is 10.2 Å². The van der Waals surface area contributed by atoms with Crippen molar-refractivity contribution < 1.29 is 23.6 Å². The number of fused-ring (bicyclic) bond motifs is 2. The van der Waals surface area contributed by atoms with Gasteiger partial charge in [0.05, 0.1) is 16.8 Å². The highest BCUT2D eigenvalue weighted by molar-refractivity contribution is 6.23. The third-order valence-corrected chi connectivity index (χ3v) is 6.24. The molecule has 0 radical (unpaired) electrons. The van der Waals surface area contributed by atoms with Crippen molar-refractivity contribution >= 4 is 29.3 Å². The predicted octanol–water partition coefficient (Wildman–Crippen LogP) is -0.117. The Morgan fingerprint density at radius 3 is 2.25 bits per heavy atom. The molecule has 1 unspecified atom stereocenters. The third-order valence-electron chi connectivity index (χ3n) is 6.24. The number of nitrogens with zero attached hydrogens (tertiary/aromatic N) is 2. The van der Waals surface area contributed by atoms with Crippen molar-refractivity contribution in [1.29, 1.82) is 0 Å². The second-order valence-electron chi connectivity index (χ2n) is 7.88. The fraction of sp³-hybridized carbons (Fsp3) is 0.474. The number of rotatable bonds is 2. The van der Waals surface area contributed by atoms with Crippen LogP contribution in [0.5, 0.6) is 0 Å². The predicted molar refractivity (Wildman–Crippen MR) is 95.1 cm³/mol. The van der Waals surface area contributed by atoms with Crippen molar-refractivity contribution in [3.63, 3.8) is 0 Å². The number of nitrogens with one attached hydrogen (secondary N) is 2. The maximum atomic E-state index is 14.8. The number of hydrogen-bond donors (Lipinski definition) is 2. The summed E-state index contributed by atoms with van der Waals surface area (Å²) >= 11 is 0. The molecule has 5 rings (SSSR count). The Balaban J connectivity index is 1.46. The maximum Gasteiger partial charge on any atom is 0.262 e. The molecule has 3 fully saturated rings. The van der Waals surface area contributed by atoms with Crippen molar-refractivity contribution in [2.75, 3.05) is 31.1 Å². The molecule has 4 aliphatic rings. The van der Waals surface area contributed by atoms with Crippen LogP contribution >= 0.6 is 0 Å². The lowest BCUT2D eigenvalue weighted by atomic mass is 10.0. The Bertz CT molecular complexity index is 921. The summed E-state index contributed by atoms with van der Waals surface area (Å²) in [7, 11) is 0. The molecule has 3 atom stereocenters. The van der Waals surface area contributed by atoms with Gasteiger partial charge in [-0.15, -0.1) is 0 Å². The molecule has 1 aromatic carbocycles. The van der Waals surface area contributed by atoms with Crippen molar-refractivity contribution in [2.45, 2.75) is 18.9 Å². The van der Waals surface area contributed by atoms with Crippen LogP contribution in [-0.2, 0) is 9.59 Å². The quantitative estimate of drug-likeness (QED) is 0.688. The molecule has 28 heavy (non-hydrogen) atoms. The Morgan fingerprint density at radius 1 is 0.964 bits per heavy atom. The monoisotopic (exact) mass is 386 g/mol. The fourth-order valence-electron chi connectivity index (χ4n) is 4.77. The molecule has 4 heterocycles. The highest BCUT2D eigenvalue weighted by atomic mass is 19.1. The van der Waals surface area contributed by atoms with Crippen molar-refractivity contribution in [3.05, 3.63) is 29.1 Å². The Morgan fingerprint density at radius 2 is 1.61 bits per heavy atom. The summed E-state index contributed by atoms with van der Waals surface area (Å²) in [6.07, 6.45) is 0.127.